The Kier molecular flexibility index (Phi) is 5.17. The minimum Gasteiger partial charge on any atom is -0.454 e. The molecular weight excluding hydrogens is 408 g/mol. The number of nitrogens with one attached hydrogen (secondary N) is 1. The van der Waals surface area contributed by atoms with Crippen molar-refractivity contribution in [3.8, 4) is 11.5 Å². The molecule has 0 spiro atoms. The fourth-order valence-corrected chi connectivity index (χ4v) is 4.29. The lowest BCUT2D eigenvalue weighted by atomic mass is 9.84. The molecule has 1 aliphatic carbocycles. The highest BCUT2D eigenvalue weighted by molar-refractivity contribution is 6.06. The number of pyridine rings is 1. The van der Waals surface area contributed by atoms with E-state index in [0.717, 1.165) is 41.4 Å². The van der Waals surface area contributed by atoms with E-state index >= 15 is 0 Å². The lowest BCUT2D eigenvalue weighted by Gasteiger charge is -2.24. The van der Waals surface area contributed by atoms with Gasteiger partial charge in [-0.25, -0.2) is 4.79 Å². The van der Waals surface area contributed by atoms with Gasteiger partial charge in [-0.3, -0.25) is 9.78 Å². The molecule has 1 aliphatic heterocycles. The molecule has 0 saturated heterocycles. The van der Waals surface area contributed by atoms with Gasteiger partial charge in [-0.2, -0.15) is 0 Å². The highest BCUT2D eigenvalue weighted by Crippen LogP contribution is 2.35. The van der Waals surface area contributed by atoms with Gasteiger partial charge in [0.2, 0.25) is 6.79 Å². The first-order chi connectivity index (χ1) is 15.5. The number of ether oxygens (including phenoxy) is 3. The van der Waals surface area contributed by atoms with Crippen molar-refractivity contribution in [1.82, 2.24) is 4.98 Å². The number of para-hydroxylation sites is 1. The normalized spacial score (nSPS) is 17.5. The van der Waals surface area contributed by atoms with Crippen LogP contribution in [0.2, 0.25) is 0 Å². The van der Waals surface area contributed by atoms with Crippen LogP contribution >= 0.6 is 0 Å². The SMILES string of the molecule is C[C@H]1CCc2nc3ccccc3c(C(=O)O[C@H](C)C(=O)Nc3ccc4c(c3)OCO4)c2C1. The molecule has 3 aromatic rings. The molecule has 32 heavy (non-hydrogen) atoms. The molecule has 0 bridgehead atoms. The number of benzene rings is 2. The van der Waals surface area contributed by atoms with Gasteiger partial charge in [-0.15, -0.1) is 0 Å². The molecule has 164 valence electrons. The van der Waals surface area contributed by atoms with Crippen LogP contribution in [0.25, 0.3) is 10.9 Å². The van der Waals surface area contributed by atoms with Crippen molar-refractivity contribution in [2.45, 2.75) is 39.2 Å². The Hall–Kier alpha value is -3.61. The molecule has 2 aliphatic rings. The number of anilines is 1. The van der Waals surface area contributed by atoms with E-state index in [0.29, 0.717) is 28.7 Å². The number of aryl methyl sites for hydroxylation is 1. The standard InChI is InChI=1S/C25H24N2O5/c1-14-7-9-20-18(11-14)23(17-5-3-4-6-19(17)27-20)25(29)32-15(2)24(28)26-16-8-10-21-22(12-16)31-13-30-21/h3-6,8,10,12,14-15H,7,9,11,13H2,1-2H3,(H,26,28)/t14-,15+/m0/s1. The maximum Gasteiger partial charge on any atom is 0.339 e. The summed E-state index contributed by atoms with van der Waals surface area (Å²) < 4.78 is 16.3. The number of amides is 1. The number of hydrogen-bond acceptors (Lipinski definition) is 6. The van der Waals surface area contributed by atoms with Crippen molar-refractivity contribution >= 4 is 28.5 Å². The predicted octanol–water partition coefficient (Wildman–Crippen LogP) is 4.27. The molecule has 0 saturated carbocycles. The molecule has 1 N–H and O–H groups in total. The zero-order valence-corrected chi connectivity index (χ0v) is 18.0. The predicted molar refractivity (Wildman–Crippen MR) is 119 cm³/mol. The Bertz CT molecular complexity index is 1220. The van der Waals surface area contributed by atoms with Gasteiger partial charge in [0, 0.05) is 22.8 Å². The van der Waals surface area contributed by atoms with Crippen LogP contribution in [0.4, 0.5) is 5.69 Å². The number of esters is 1. The minimum absolute atomic E-state index is 0.156. The van der Waals surface area contributed by atoms with E-state index in [2.05, 4.69) is 12.2 Å². The molecular formula is C25H24N2O5. The summed E-state index contributed by atoms with van der Waals surface area (Å²) in [7, 11) is 0. The van der Waals surface area contributed by atoms with Gasteiger partial charge in [0.1, 0.15) is 0 Å². The molecule has 1 amide bonds. The molecule has 5 rings (SSSR count). The zero-order valence-electron chi connectivity index (χ0n) is 18.0. The average Bonchev–Trinajstić information content (AvgIpc) is 3.25. The summed E-state index contributed by atoms with van der Waals surface area (Å²) in [5.41, 5.74) is 3.73. The summed E-state index contributed by atoms with van der Waals surface area (Å²) in [6, 6.07) is 12.7. The number of hydrogen-bond donors (Lipinski definition) is 1. The van der Waals surface area contributed by atoms with Crippen LogP contribution in [0, 0.1) is 5.92 Å². The zero-order chi connectivity index (χ0) is 22.2. The van der Waals surface area contributed by atoms with E-state index < -0.39 is 18.0 Å². The molecule has 2 aromatic carbocycles. The van der Waals surface area contributed by atoms with Gasteiger partial charge in [-0.05, 0) is 55.9 Å². The molecule has 2 heterocycles. The third-order valence-corrected chi connectivity index (χ3v) is 6.00. The van der Waals surface area contributed by atoms with Crippen molar-refractivity contribution in [2.24, 2.45) is 5.92 Å². The van der Waals surface area contributed by atoms with Gasteiger partial charge >= 0.3 is 5.97 Å². The third kappa shape index (κ3) is 3.75. The van der Waals surface area contributed by atoms with Crippen LogP contribution < -0.4 is 14.8 Å². The van der Waals surface area contributed by atoms with E-state index in [1.165, 1.54) is 0 Å². The Morgan fingerprint density at radius 3 is 2.84 bits per heavy atom. The van der Waals surface area contributed by atoms with Crippen LogP contribution in [0.1, 0.15) is 41.9 Å². The van der Waals surface area contributed by atoms with Crippen molar-refractivity contribution < 1.29 is 23.8 Å². The number of carbonyl (C=O) groups excluding carboxylic acids is 2. The topological polar surface area (TPSA) is 86.8 Å². The highest BCUT2D eigenvalue weighted by atomic mass is 16.7. The summed E-state index contributed by atoms with van der Waals surface area (Å²) in [5.74, 6) is 0.742. The molecule has 1 aromatic heterocycles. The summed E-state index contributed by atoms with van der Waals surface area (Å²) >= 11 is 0. The summed E-state index contributed by atoms with van der Waals surface area (Å²) in [4.78, 5) is 30.8. The first kappa shape index (κ1) is 20.3. The molecule has 0 unspecified atom stereocenters. The first-order valence-electron chi connectivity index (χ1n) is 10.8. The average molecular weight is 432 g/mol. The second-order valence-electron chi connectivity index (χ2n) is 8.38. The largest absolute Gasteiger partial charge is 0.454 e. The van der Waals surface area contributed by atoms with E-state index in [1.54, 1.807) is 25.1 Å². The number of carbonyl (C=O) groups is 2. The third-order valence-electron chi connectivity index (χ3n) is 6.00. The summed E-state index contributed by atoms with van der Waals surface area (Å²) in [6.07, 6.45) is 1.68. The quantitative estimate of drug-likeness (QED) is 0.620. The lowest BCUT2D eigenvalue weighted by Crippen LogP contribution is -2.31. The van der Waals surface area contributed by atoms with Gasteiger partial charge in [0.25, 0.3) is 5.91 Å². The number of nitrogens with zero attached hydrogens (tertiary/aromatic N) is 1. The van der Waals surface area contributed by atoms with E-state index in [9.17, 15) is 9.59 Å². The number of fused-ring (bicyclic) bond motifs is 3. The second-order valence-corrected chi connectivity index (χ2v) is 8.38. The van der Waals surface area contributed by atoms with Gasteiger partial charge < -0.3 is 19.5 Å². The Balaban J connectivity index is 1.38. The molecule has 7 heteroatoms. The van der Waals surface area contributed by atoms with Crippen LogP contribution in [-0.4, -0.2) is 29.8 Å². The van der Waals surface area contributed by atoms with Crippen molar-refractivity contribution in [3.63, 3.8) is 0 Å². The molecule has 0 fully saturated rings. The van der Waals surface area contributed by atoms with Crippen molar-refractivity contribution in [2.75, 3.05) is 12.1 Å². The number of rotatable bonds is 4. The Labute approximate surface area is 185 Å². The van der Waals surface area contributed by atoms with Crippen LogP contribution in [-0.2, 0) is 22.4 Å². The lowest BCUT2D eigenvalue weighted by molar-refractivity contribution is -0.123. The Morgan fingerprint density at radius 2 is 1.97 bits per heavy atom. The van der Waals surface area contributed by atoms with Gasteiger partial charge in [-0.1, -0.05) is 25.1 Å². The minimum atomic E-state index is -0.975. The summed E-state index contributed by atoms with van der Waals surface area (Å²) in [6.45, 7) is 3.90. The van der Waals surface area contributed by atoms with E-state index in [-0.39, 0.29) is 6.79 Å². The van der Waals surface area contributed by atoms with Crippen LogP contribution in [0.15, 0.2) is 42.5 Å². The summed E-state index contributed by atoms with van der Waals surface area (Å²) in [5, 5.41) is 3.53. The fourth-order valence-electron chi connectivity index (χ4n) is 4.29. The van der Waals surface area contributed by atoms with E-state index in [1.807, 2.05) is 24.3 Å². The van der Waals surface area contributed by atoms with E-state index in [4.69, 9.17) is 19.2 Å². The second kappa shape index (κ2) is 8.15. The van der Waals surface area contributed by atoms with Crippen LogP contribution in [0.3, 0.4) is 0 Å². The maximum atomic E-state index is 13.3. The first-order valence-corrected chi connectivity index (χ1v) is 10.8. The smallest absolute Gasteiger partial charge is 0.339 e. The fraction of sp³-hybridized carbons (Fsp3) is 0.320. The van der Waals surface area contributed by atoms with Gasteiger partial charge in [0.15, 0.2) is 17.6 Å². The molecule has 0 radical (unpaired) electrons. The monoisotopic (exact) mass is 432 g/mol. The van der Waals surface area contributed by atoms with Crippen molar-refractivity contribution in [3.05, 3.63) is 59.3 Å². The van der Waals surface area contributed by atoms with Crippen LogP contribution in [0.5, 0.6) is 11.5 Å². The molecule has 7 nitrogen and oxygen atoms in total. The molecule has 2 atom stereocenters. The maximum absolute atomic E-state index is 13.3. The number of aromatic nitrogens is 1. The van der Waals surface area contributed by atoms with Crippen molar-refractivity contribution in [1.29, 1.82) is 0 Å². The Morgan fingerprint density at radius 1 is 1.16 bits per heavy atom. The highest BCUT2D eigenvalue weighted by Gasteiger charge is 2.28. The van der Waals surface area contributed by atoms with Gasteiger partial charge in [0.05, 0.1) is 11.1 Å².